The summed E-state index contributed by atoms with van der Waals surface area (Å²) < 4.78 is 13.1. The molecule has 0 unspecified atom stereocenters. The third-order valence-electron chi connectivity index (χ3n) is 6.94. The van der Waals surface area contributed by atoms with Gasteiger partial charge in [-0.2, -0.15) is 5.10 Å². The molecule has 2 N–H and O–H groups in total. The minimum Gasteiger partial charge on any atom is -0.444 e. The van der Waals surface area contributed by atoms with E-state index in [1.165, 1.54) is 0 Å². The van der Waals surface area contributed by atoms with Crippen molar-refractivity contribution in [1.29, 1.82) is 0 Å². The van der Waals surface area contributed by atoms with E-state index in [4.69, 9.17) is 14.6 Å². The van der Waals surface area contributed by atoms with Gasteiger partial charge in [-0.25, -0.2) is 4.79 Å². The van der Waals surface area contributed by atoms with Crippen LogP contribution in [0, 0.1) is 0 Å². The van der Waals surface area contributed by atoms with E-state index in [9.17, 15) is 14.4 Å². The van der Waals surface area contributed by atoms with E-state index in [-0.39, 0.29) is 19.1 Å². The number of aromatic nitrogens is 2. The van der Waals surface area contributed by atoms with Gasteiger partial charge in [-0.3, -0.25) is 14.3 Å². The molecule has 3 aromatic rings. The molecule has 1 aliphatic rings. The van der Waals surface area contributed by atoms with Crippen LogP contribution < -0.4 is 10.6 Å². The Morgan fingerprint density at radius 2 is 1.62 bits per heavy atom. The maximum absolute atomic E-state index is 14.0. The first-order valence-corrected chi connectivity index (χ1v) is 14.2. The van der Waals surface area contributed by atoms with Gasteiger partial charge in [0.1, 0.15) is 17.2 Å². The highest BCUT2D eigenvalue weighted by Crippen LogP contribution is 2.30. The number of rotatable bonds is 9. The third kappa shape index (κ3) is 7.76. The highest BCUT2D eigenvalue weighted by Gasteiger charge is 2.37. The minimum atomic E-state index is -1.35. The fourth-order valence-corrected chi connectivity index (χ4v) is 4.86. The van der Waals surface area contributed by atoms with Gasteiger partial charge in [0.25, 0.3) is 0 Å². The van der Waals surface area contributed by atoms with Crippen LogP contribution in [0.2, 0.25) is 0 Å². The number of amides is 3. The van der Waals surface area contributed by atoms with Crippen LogP contribution in [0.3, 0.4) is 0 Å². The van der Waals surface area contributed by atoms with Crippen molar-refractivity contribution in [1.82, 2.24) is 25.3 Å². The Morgan fingerprint density at radius 3 is 2.26 bits per heavy atom. The highest BCUT2D eigenvalue weighted by atomic mass is 16.6. The molecule has 0 fully saturated rings. The molecule has 0 spiro atoms. The largest absolute Gasteiger partial charge is 0.444 e. The summed E-state index contributed by atoms with van der Waals surface area (Å²) in [7, 11) is 1.91. The van der Waals surface area contributed by atoms with Crippen molar-refractivity contribution >= 4 is 17.9 Å². The summed E-state index contributed by atoms with van der Waals surface area (Å²) in [6, 6.07) is 18.6. The standard InChI is InChI=1S/C32H41N5O5/c1-31(2,3)42-30(40)34-32(4,5)29(39)33-26(21-41-20-22-13-9-7-10-14-22)28(38)37-18-17-25-24(19-37)27(36(6)35-25)23-15-11-8-12-16-23/h7-16,26H,17-21H2,1-6H3,(H,33,39)(H,34,40)/t26-/m1/s1. The average Bonchev–Trinajstić information content (AvgIpc) is 3.26. The molecule has 224 valence electrons. The lowest BCUT2D eigenvalue weighted by atomic mass is 10.00. The third-order valence-corrected chi connectivity index (χ3v) is 6.94. The summed E-state index contributed by atoms with van der Waals surface area (Å²) in [4.78, 5) is 41.5. The van der Waals surface area contributed by atoms with Crippen molar-refractivity contribution in [2.24, 2.45) is 7.05 Å². The number of carbonyl (C=O) groups is 3. The molecule has 0 saturated heterocycles. The smallest absolute Gasteiger partial charge is 0.408 e. The topological polar surface area (TPSA) is 115 Å². The van der Waals surface area contributed by atoms with E-state index >= 15 is 0 Å². The van der Waals surface area contributed by atoms with Gasteiger partial charge in [0, 0.05) is 37.7 Å². The van der Waals surface area contributed by atoms with Crippen LogP contribution in [0.1, 0.15) is 51.4 Å². The van der Waals surface area contributed by atoms with E-state index < -0.39 is 29.2 Å². The molecule has 1 aliphatic heterocycles. The quantitative estimate of drug-likeness (QED) is 0.399. The summed E-state index contributed by atoms with van der Waals surface area (Å²) in [5.41, 5.74) is 2.82. The van der Waals surface area contributed by atoms with Gasteiger partial charge in [-0.05, 0) is 40.2 Å². The summed E-state index contributed by atoms with van der Waals surface area (Å²) >= 11 is 0. The first-order chi connectivity index (χ1) is 19.8. The zero-order valence-corrected chi connectivity index (χ0v) is 25.3. The van der Waals surface area contributed by atoms with Crippen LogP contribution in [0.25, 0.3) is 11.3 Å². The van der Waals surface area contributed by atoms with E-state index in [1.54, 1.807) is 39.5 Å². The van der Waals surface area contributed by atoms with Crippen LogP contribution in [-0.2, 0) is 45.7 Å². The van der Waals surface area contributed by atoms with Gasteiger partial charge in [0.2, 0.25) is 11.8 Å². The second kappa shape index (κ2) is 12.8. The maximum Gasteiger partial charge on any atom is 0.408 e. The molecular formula is C32H41N5O5. The maximum atomic E-state index is 14.0. The average molecular weight is 576 g/mol. The molecule has 0 saturated carbocycles. The molecule has 10 heteroatoms. The molecule has 2 heterocycles. The Labute approximate surface area is 247 Å². The van der Waals surface area contributed by atoms with Crippen molar-refractivity contribution in [3.05, 3.63) is 77.5 Å². The Balaban J connectivity index is 1.52. The second-order valence-electron chi connectivity index (χ2n) is 12.1. The Morgan fingerprint density at radius 1 is 0.976 bits per heavy atom. The molecule has 0 aliphatic carbocycles. The van der Waals surface area contributed by atoms with Crippen LogP contribution >= 0.6 is 0 Å². The number of benzene rings is 2. The summed E-state index contributed by atoms with van der Waals surface area (Å²) in [5.74, 6) is -0.794. The van der Waals surface area contributed by atoms with E-state index in [2.05, 4.69) is 10.6 Å². The normalized spacial score (nSPS) is 14.1. The van der Waals surface area contributed by atoms with Gasteiger partial charge in [-0.15, -0.1) is 0 Å². The number of nitrogens with one attached hydrogen (secondary N) is 2. The van der Waals surface area contributed by atoms with Crippen LogP contribution in [0.4, 0.5) is 4.79 Å². The fraction of sp³-hybridized carbons (Fsp3) is 0.438. The van der Waals surface area contributed by atoms with Gasteiger partial charge in [0.15, 0.2) is 0 Å². The zero-order chi connectivity index (χ0) is 30.5. The number of hydrogen-bond acceptors (Lipinski definition) is 6. The van der Waals surface area contributed by atoms with Crippen molar-refractivity contribution in [2.75, 3.05) is 13.2 Å². The number of hydrogen-bond donors (Lipinski definition) is 2. The molecule has 3 amide bonds. The first-order valence-electron chi connectivity index (χ1n) is 14.2. The van der Waals surface area contributed by atoms with Crippen molar-refractivity contribution in [3.8, 4) is 11.3 Å². The molecule has 2 aromatic carbocycles. The number of fused-ring (bicyclic) bond motifs is 1. The van der Waals surface area contributed by atoms with Crippen LogP contribution in [0.15, 0.2) is 60.7 Å². The molecule has 4 rings (SSSR count). The summed E-state index contributed by atoms with van der Waals surface area (Å²) in [6.45, 7) is 9.42. The molecule has 1 atom stereocenters. The molecule has 1 aromatic heterocycles. The molecule has 42 heavy (non-hydrogen) atoms. The molecule has 0 radical (unpaired) electrons. The number of nitrogens with zero attached hydrogens (tertiary/aromatic N) is 3. The first kappa shape index (κ1) is 30.8. The van der Waals surface area contributed by atoms with Gasteiger partial charge >= 0.3 is 6.09 Å². The lowest BCUT2D eigenvalue weighted by Crippen LogP contribution is -2.60. The lowest BCUT2D eigenvalue weighted by molar-refractivity contribution is -0.140. The number of ether oxygens (including phenoxy) is 2. The Kier molecular flexibility index (Phi) is 9.36. The van der Waals surface area contributed by atoms with E-state index in [0.29, 0.717) is 19.5 Å². The monoisotopic (exact) mass is 575 g/mol. The van der Waals surface area contributed by atoms with Crippen LogP contribution in [0.5, 0.6) is 0 Å². The van der Waals surface area contributed by atoms with Crippen molar-refractivity contribution in [3.63, 3.8) is 0 Å². The van der Waals surface area contributed by atoms with Crippen LogP contribution in [-0.4, -0.2) is 62.9 Å². The van der Waals surface area contributed by atoms with Gasteiger partial charge in [-0.1, -0.05) is 60.7 Å². The number of carbonyl (C=O) groups excluding carboxylic acids is 3. The molecule has 0 bridgehead atoms. The summed E-state index contributed by atoms with van der Waals surface area (Å²) in [6.07, 6.45) is -0.127. The predicted octanol–water partition coefficient (Wildman–Crippen LogP) is 3.98. The van der Waals surface area contributed by atoms with E-state index in [0.717, 1.165) is 28.1 Å². The van der Waals surface area contributed by atoms with Gasteiger partial charge in [0.05, 0.1) is 24.6 Å². The predicted molar refractivity (Wildman–Crippen MR) is 159 cm³/mol. The SMILES string of the molecule is Cn1nc2c(c1-c1ccccc1)CN(C(=O)[C@@H](COCc1ccccc1)NC(=O)C(C)(C)NC(=O)OC(C)(C)C)CC2. The van der Waals surface area contributed by atoms with E-state index in [1.807, 2.05) is 72.4 Å². The fourth-order valence-electron chi connectivity index (χ4n) is 4.86. The molecular weight excluding hydrogens is 534 g/mol. The number of alkyl carbamates (subject to hydrolysis) is 1. The zero-order valence-electron chi connectivity index (χ0n) is 25.3. The molecule has 10 nitrogen and oxygen atoms in total. The Bertz CT molecular complexity index is 1400. The van der Waals surface area contributed by atoms with Crippen molar-refractivity contribution in [2.45, 2.75) is 71.4 Å². The minimum absolute atomic E-state index is 0.0378. The summed E-state index contributed by atoms with van der Waals surface area (Å²) in [5, 5.41) is 10.2. The van der Waals surface area contributed by atoms with Crippen molar-refractivity contribution < 1.29 is 23.9 Å². The number of aryl methyl sites for hydroxylation is 1. The Hall–Kier alpha value is -4.18. The van der Waals surface area contributed by atoms with Gasteiger partial charge < -0.3 is 25.0 Å². The highest BCUT2D eigenvalue weighted by molar-refractivity contribution is 5.93. The lowest BCUT2D eigenvalue weighted by Gasteiger charge is -2.33. The second-order valence-corrected chi connectivity index (χ2v) is 12.1.